The first-order valence-corrected chi connectivity index (χ1v) is 6.65. The number of rotatable bonds is 3. The minimum absolute atomic E-state index is 0.0730. The van der Waals surface area contributed by atoms with Crippen molar-refractivity contribution in [2.24, 2.45) is 5.10 Å². The molecule has 0 heterocycles. The van der Waals surface area contributed by atoms with E-state index in [1.165, 1.54) is 30.5 Å². The van der Waals surface area contributed by atoms with Crippen molar-refractivity contribution in [2.45, 2.75) is 0 Å². The smallest absolute Gasteiger partial charge is 0.191 e. The molecule has 0 fully saturated rings. The highest BCUT2D eigenvalue weighted by Gasteiger charge is 2.04. The molecule has 21 heavy (non-hydrogen) atoms. The summed E-state index contributed by atoms with van der Waals surface area (Å²) in [7, 11) is 0. The first-order valence-electron chi connectivity index (χ1n) is 5.86. The van der Waals surface area contributed by atoms with E-state index in [-0.39, 0.29) is 21.4 Å². The number of thiocarbonyl (C=S) groups is 1. The Bertz CT molecular complexity index is 671. The van der Waals surface area contributed by atoms with Crippen molar-refractivity contribution < 1.29 is 8.78 Å². The maximum absolute atomic E-state index is 13.5. The predicted octanol–water partition coefficient (Wildman–Crippen LogP) is 3.94. The number of benzene rings is 2. The molecule has 0 atom stereocenters. The molecule has 0 amide bonds. The maximum atomic E-state index is 13.5. The Hall–Kier alpha value is -2.05. The van der Waals surface area contributed by atoms with Gasteiger partial charge in [0.05, 0.1) is 16.9 Å². The summed E-state index contributed by atoms with van der Waals surface area (Å²) in [6.45, 7) is 0. The summed E-state index contributed by atoms with van der Waals surface area (Å²) in [5.74, 6) is -0.941. The lowest BCUT2D eigenvalue weighted by molar-refractivity contribution is 0.626. The number of para-hydroxylation sites is 1. The molecule has 0 bridgehead atoms. The fourth-order valence-electron chi connectivity index (χ4n) is 1.50. The molecule has 0 spiro atoms. The maximum Gasteiger partial charge on any atom is 0.191 e. The SMILES string of the molecule is Fc1ccccc1NC(=S)N/N=C\c1c(F)cccc1Cl. The highest BCUT2D eigenvalue weighted by molar-refractivity contribution is 7.80. The van der Waals surface area contributed by atoms with Crippen LogP contribution in [0.4, 0.5) is 14.5 Å². The normalized spacial score (nSPS) is 10.6. The average molecular weight is 326 g/mol. The number of halogens is 3. The van der Waals surface area contributed by atoms with Crippen LogP contribution in [0.15, 0.2) is 47.6 Å². The highest BCUT2D eigenvalue weighted by Crippen LogP contribution is 2.16. The third-order valence-corrected chi connectivity index (χ3v) is 3.00. The zero-order chi connectivity index (χ0) is 15.2. The second kappa shape index (κ2) is 7.10. The van der Waals surface area contributed by atoms with E-state index in [2.05, 4.69) is 15.8 Å². The van der Waals surface area contributed by atoms with Crippen LogP contribution in [0.25, 0.3) is 0 Å². The second-order valence-corrected chi connectivity index (χ2v) is 4.75. The number of nitrogens with one attached hydrogen (secondary N) is 2. The fourth-order valence-corrected chi connectivity index (χ4v) is 1.88. The van der Waals surface area contributed by atoms with E-state index in [1.807, 2.05) is 0 Å². The summed E-state index contributed by atoms with van der Waals surface area (Å²) in [5, 5.41) is 6.70. The van der Waals surface area contributed by atoms with E-state index < -0.39 is 11.6 Å². The molecule has 2 N–H and O–H groups in total. The third kappa shape index (κ3) is 4.21. The number of hydrazone groups is 1. The Labute approximate surface area is 130 Å². The molecule has 0 unspecified atom stereocenters. The van der Waals surface area contributed by atoms with Crippen molar-refractivity contribution in [1.29, 1.82) is 0 Å². The lowest BCUT2D eigenvalue weighted by Gasteiger charge is -2.07. The van der Waals surface area contributed by atoms with Gasteiger partial charge < -0.3 is 5.32 Å². The van der Waals surface area contributed by atoms with Gasteiger partial charge in [-0.3, -0.25) is 5.43 Å². The summed E-state index contributed by atoms with van der Waals surface area (Å²) in [5.41, 5.74) is 2.82. The van der Waals surface area contributed by atoms with E-state index in [0.717, 1.165) is 0 Å². The predicted molar refractivity (Wildman–Crippen MR) is 84.8 cm³/mol. The standard InChI is InChI=1S/C14H10ClF2N3S/c15-10-4-3-6-11(16)9(10)8-18-20-14(21)19-13-7-2-1-5-12(13)17/h1-8H,(H2,19,20,21)/b18-8-. The Kier molecular flexibility index (Phi) is 5.19. The van der Waals surface area contributed by atoms with Gasteiger partial charge in [0.1, 0.15) is 11.6 Å². The highest BCUT2D eigenvalue weighted by atomic mass is 35.5. The van der Waals surface area contributed by atoms with E-state index in [0.29, 0.717) is 0 Å². The molecule has 2 aromatic rings. The largest absolute Gasteiger partial charge is 0.329 e. The van der Waals surface area contributed by atoms with Gasteiger partial charge in [0.15, 0.2) is 5.11 Å². The van der Waals surface area contributed by atoms with Crippen molar-refractivity contribution >= 4 is 40.8 Å². The Balaban J connectivity index is 1.98. The zero-order valence-electron chi connectivity index (χ0n) is 10.6. The van der Waals surface area contributed by atoms with Crippen LogP contribution >= 0.6 is 23.8 Å². The van der Waals surface area contributed by atoms with Gasteiger partial charge in [-0.25, -0.2) is 8.78 Å². The van der Waals surface area contributed by atoms with E-state index >= 15 is 0 Å². The molecule has 2 rings (SSSR count). The van der Waals surface area contributed by atoms with Gasteiger partial charge in [0.25, 0.3) is 0 Å². The Morgan fingerprint density at radius 1 is 1.10 bits per heavy atom. The van der Waals surface area contributed by atoms with Gasteiger partial charge in [-0.15, -0.1) is 0 Å². The molecule has 0 radical (unpaired) electrons. The number of nitrogens with zero attached hydrogens (tertiary/aromatic N) is 1. The summed E-state index contributed by atoms with van der Waals surface area (Å²) in [6.07, 6.45) is 1.20. The third-order valence-electron chi connectivity index (χ3n) is 2.48. The van der Waals surface area contributed by atoms with E-state index in [1.54, 1.807) is 18.2 Å². The van der Waals surface area contributed by atoms with E-state index in [9.17, 15) is 8.78 Å². The summed E-state index contributed by atoms with van der Waals surface area (Å²) in [4.78, 5) is 0. The van der Waals surface area contributed by atoms with Gasteiger partial charge in [-0.2, -0.15) is 5.10 Å². The number of hydrogen-bond donors (Lipinski definition) is 2. The van der Waals surface area contributed by atoms with Crippen LogP contribution in [-0.2, 0) is 0 Å². The van der Waals surface area contributed by atoms with Gasteiger partial charge >= 0.3 is 0 Å². The first kappa shape index (κ1) is 15.3. The lowest BCUT2D eigenvalue weighted by atomic mass is 10.2. The summed E-state index contributed by atoms with van der Waals surface area (Å²) >= 11 is 10.8. The van der Waals surface area contributed by atoms with Gasteiger partial charge in [-0.05, 0) is 36.5 Å². The van der Waals surface area contributed by atoms with Gasteiger partial charge in [0, 0.05) is 5.56 Å². The summed E-state index contributed by atoms with van der Waals surface area (Å²) in [6, 6.07) is 10.4. The van der Waals surface area contributed by atoms with Crippen LogP contribution in [0.3, 0.4) is 0 Å². The molecule has 2 aromatic carbocycles. The van der Waals surface area contributed by atoms with Crippen molar-refractivity contribution in [3.8, 4) is 0 Å². The number of anilines is 1. The van der Waals surface area contributed by atoms with Crippen molar-refractivity contribution in [2.75, 3.05) is 5.32 Å². The molecule has 0 aliphatic carbocycles. The van der Waals surface area contributed by atoms with Crippen LogP contribution in [0, 0.1) is 11.6 Å². The first-order chi connectivity index (χ1) is 10.1. The van der Waals surface area contributed by atoms with Crippen LogP contribution < -0.4 is 10.7 Å². The quantitative estimate of drug-likeness (QED) is 0.510. The molecule has 7 heteroatoms. The van der Waals surface area contributed by atoms with Crippen molar-refractivity contribution in [3.63, 3.8) is 0 Å². The van der Waals surface area contributed by atoms with Crippen molar-refractivity contribution in [3.05, 3.63) is 64.7 Å². The van der Waals surface area contributed by atoms with Crippen LogP contribution in [0.5, 0.6) is 0 Å². The Morgan fingerprint density at radius 2 is 1.81 bits per heavy atom. The lowest BCUT2D eigenvalue weighted by Crippen LogP contribution is -2.24. The monoisotopic (exact) mass is 325 g/mol. The summed E-state index contributed by atoms with van der Waals surface area (Å²) < 4.78 is 26.9. The molecule has 0 aliphatic rings. The van der Waals surface area contributed by atoms with Crippen molar-refractivity contribution in [1.82, 2.24) is 5.43 Å². The van der Waals surface area contributed by atoms with Crippen LogP contribution in [0.2, 0.25) is 5.02 Å². The minimum Gasteiger partial charge on any atom is -0.329 e. The topological polar surface area (TPSA) is 36.4 Å². The Morgan fingerprint density at radius 3 is 2.52 bits per heavy atom. The molecular weight excluding hydrogens is 316 g/mol. The zero-order valence-corrected chi connectivity index (χ0v) is 12.2. The van der Waals surface area contributed by atoms with Gasteiger partial charge in [0.2, 0.25) is 0 Å². The molecule has 3 nitrogen and oxygen atoms in total. The molecule has 0 saturated heterocycles. The molecular formula is C14H10ClF2N3S. The van der Waals surface area contributed by atoms with Crippen LogP contribution in [0.1, 0.15) is 5.56 Å². The average Bonchev–Trinajstić information content (AvgIpc) is 2.45. The molecule has 0 aromatic heterocycles. The molecule has 0 saturated carbocycles. The second-order valence-electron chi connectivity index (χ2n) is 3.94. The van der Waals surface area contributed by atoms with Gasteiger partial charge in [-0.1, -0.05) is 29.8 Å². The molecule has 108 valence electrons. The molecule has 0 aliphatic heterocycles. The fraction of sp³-hybridized carbons (Fsp3) is 0. The van der Waals surface area contributed by atoms with Crippen LogP contribution in [-0.4, -0.2) is 11.3 Å². The number of hydrogen-bond acceptors (Lipinski definition) is 2. The van der Waals surface area contributed by atoms with E-state index in [4.69, 9.17) is 23.8 Å². The minimum atomic E-state index is -0.499.